The summed E-state index contributed by atoms with van der Waals surface area (Å²) >= 11 is 0. The first-order valence-electron chi connectivity index (χ1n) is 4.50. The molecule has 0 aliphatic rings. The molecule has 0 fully saturated rings. The van der Waals surface area contributed by atoms with Gasteiger partial charge in [-0.2, -0.15) is 10.1 Å². The van der Waals surface area contributed by atoms with Crippen molar-refractivity contribution in [3.05, 3.63) is 0 Å². The summed E-state index contributed by atoms with van der Waals surface area (Å²) < 4.78 is 0. The van der Waals surface area contributed by atoms with Gasteiger partial charge in [0.05, 0.1) is 6.61 Å². The predicted octanol–water partition coefficient (Wildman–Crippen LogP) is 2.31. The van der Waals surface area contributed by atoms with Crippen molar-refractivity contribution in [3.63, 3.8) is 0 Å². The summed E-state index contributed by atoms with van der Waals surface area (Å²) in [5, 5.41) is 7.76. The molecule has 0 unspecified atom stereocenters. The van der Waals surface area contributed by atoms with Gasteiger partial charge in [-0.15, -0.1) is 0 Å². The van der Waals surface area contributed by atoms with E-state index in [0.717, 1.165) is 12.8 Å². The van der Waals surface area contributed by atoms with Crippen LogP contribution in [0.5, 0.6) is 0 Å². The van der Waals surface area contributed by atoms with Gasteiger partial charge >= 0.3 is 0 Å². The van der Waals surface area contributed by atoms with Crippen LogP contribution < -0.4 is 0 Å². The van der Waals surface area contributed by atoms with Gasteiger partial charge in [-0.3, -0.25) is 9.78 Å². The van der Waals surface area contributed by atoms with Gasteiger partial charge in [0, 0.05) is 0 Å². The summed E-state index contributed by atoms with van der Waals surface area (Å²) in [6.07, 6.45) is 9.63. The minimum Gasteiger partial charge on any atom is -0.282 e. The Kier molecular flexibility index (Phi) is 10.3. The van der Waals surface area contributed by atoms with Crippen molar-refractivity contribution in [2.45, 2.75) is 39.0 Å². The fourth-order valence-corrected chi connectivity index (χ4v) is 0.871. The molecule has 76 valence electrons. The summed E-state index contributed by atoms with van der Waals surface area (Å²) in [4.78, 5) is 12.4. The standard InChI is InChI=1S/C9H16O4/c1-2-3-4-5-6-7-12-13-9-8-11-10/h10H,2-7H2,1H3. The molecule has 4 nitrogen and oxygen atoms in total. The first kappa shape index (κ1) is 12.1. The molecular weight excluding hydrogens is 172 g/mol. The second kappa shape index (κ2) is 11.1. The van der Waals surface area contributed by atoms with E-state index >= 15 is 0 Å². The molecule has 4 heteroatoms. The number of rotatable bonds is 7. The molecule has 0 amide bonds. The molecule has 0 bridgehead atoms. The number of hydrogen-bond donors (Lipinski definition) is 1. The molecule has 0 aliphatic carbocycles. The lowest BCUT2D eigenvalue weighted by molar-refractivity contribution is -0.240. The molecule has 0 heterocycles. The van der Waals surface area contributed by atoms with E-state index in [1.54, 1.807) is 0 Å². The monoisotopic (exact) mass is 188 g/mol. The Labute approximate surface area is 78.7 Å². The number of hydrogen-bond acceptors (Lipinski definition) is 4. The Morgan fingerprint density at radius 2 is 1.85 bits per heavy atom. The molecule has 0 aromatic heterocycles. The third-order valence-electron chi connectivity index (χ3n) is 1.52. The normalized spacial score (nSPS) is 8.77. The first-order valence-corrected chi connectivity index (χ1v) is 4.50. The van der Waals surface area contributed by atoms with Crippen LogP contribution in [-0.4, -0.2) is 11.9 Å². The molecule has 0 atom stereocenters. The molecule has 0 aromatic carbocycles. The second-order valence-electron chi connectivity index (χ2n) is 2.61. The molecule has 13 heavy (non-hydrogen) atoms. The minimum absolute atomic E-state index is 0.518. The predicted molar refractivity (Wildman–Crippen MR) is 47.3 cm³/mol. The van der Waals surface area contributed by atoms with Crippen molar-refractivity contribution in [3.8, 4) is 12.2 Å². The Bertz CT molecular complexity index is 147. The van der Waals surface area contributed by atoms with E-state index in [9.17, 15) is 0 Å². The van der Waals surface area contributed by atoms with Crippen LogP contribution in [0.1, 0.15) is 39.0 Å². The summed E-state index contributed by atoms with van der Waals surface area (Å²) in [7, 11) is 0. The third kappa shape index (κ3) is 11.1. The van der Waals surface area contributed by atoms with Crippen LogP contribution in [0.4, 0.5) is 0 Å². The zero-order valence-corrected chi connectivity index (χ0v) is 7.91. The molecule has 1 N–H and O–H groups in total. The van der Waals surface area contributed by atoms with Crippen molar-refractivity contribution in [1.82, 2.24) is 0 Å². The van der Waals surface area contributed by atoms with Gasteiger partial charge in [0.2, 0.25) is 12.2 Å². The zero-order valence-electron chi connectivity index (χ0n) is 7.91. The highest BCUT2D eigenvalue weighted by atomic mass is 17.2. The molecule has 0 radical (unpaired) electrons. The lowest BCUT2D eigenvalue weighted by Crippen LogP contribution is -1.92. The molecule has 0 saturated heterocycles. The lowest BCUT2D eigenvalue weighted by atomic mass is 10.2. The number of unbranched alkanes of at least 4 members (excludes halogenated alkanes) is 4. The molecular formula is C9H16O4. The maximum atomic E-state index is 7.76. The van der Waals surface area contributed by atoms with Crippen LogP contribution in [0.2, 0.25) is 0 Å². The average Bonchev–Trinajstić information content (AvgIpc) is 2.16. The minimum atomic E-state index is 0.518. The summed E-state index contributed by atoms with van der Waals surface area (Å²) in [5.41, 5.74) is 0. The molecule has 0 aliphatic heterocycles. The fraction of sp³-hybridized carbons (Fsp3) is 0.778. The lowest BCUT2D eigenvalue weighted by Gasteiger charge is -1.98. The van der Waals surface area contributed by atoms with Crippen LogP contribution in [0.15, 0.2) is 0 Å². The second-order valence-corrected chi connectivity index (χ2v) is 2.61. The van der Waals surface area contributed by atoms with Crippen LogP contribution in [0.25, 0.3) is 0 Å². The van der Waals surface area contributed by atoms with Crippen molar-refractivity contribution >= 4 is 0 Å². The SMILES string of the molecule is CCCCCCCOOC#COO. The highest BCUT2D eigenvalue weighted by molar-refractivity contribution is 4.76. The maximum absolute atomic E-state index is 7.76. The molecule has 0 rings (SSSR count). The van der Waals surface area contributed by atoms with Crippen LogP contribution in [0.3, 0.4) is 0 Å². The van der Waals surface area contributed by atoms with Crippen molar-refractivity contribution in [2.75, 3.05) is 6.61 Å². The average molecular weight is 188 g/mol. The molecule has 0 spiro atoms. The highest BCUT2D eigenvalue weighted by Gasteiger charge is 1.89. The van der Waals surface area contributed by atoms with Gasteiger partial charge in [-0.25, -0.2) is 0 Å². The molecule has 0 aromatic rings. The van der Waals surface area contributed by atoms with Crippen molar-refractivity contribution < 1.29 is 19.9 Å². The largest absolute Gasteiger partial charge is 0.282 e. The fourth-order valence-electron chi connectivity index (χ4n) is 0.871. The zero-order chi connectivity index (χ0) is 9.78. The topological polar surface area (TPSA) is 47.9 Å². The Morgan fingerprint density at radius 1 is 1.08 bits per heavy atom. The van der Waals surface area contributed by atoms with E-state index < -0.39 is 0 Å². The van der Waals surface area contributed by atoms with E-state index in [-0.39, 0.29) is 0 Å². The molecule has 0 saturated carbocycles. The van der Waals surface area contributed by atoms with Gasteiger partial charge in [-0.1, -0.05) is 32.6 Å². The summed E-state index contributed by atoms with van der Waals surface area (Å²) in [6, 6.07) is 0. The van der Waals surface area contributed by atoms with Crippen LogP contribution in [-0.2, 0) is 14.7 Å². The Balaban J connectivity index is 2.91. The Hall–Kier alpha value is -0.920. The quantitative estimate of drug-likeness (QED) is 0.288. The van der Waals surface area contributed by atoms with Gasteiger partial charge < -0.3 is 0 Å². The summed E-state index contributed by atoms with van der Waals surface area (Å²) in [5.74, 6) is 0. The van der Waals surface area contributed by atoms with Crippen molar-refractivity contribution in [1.29, 1.82) is 0 Å². The van der Waals surface area contributed by atoms with E-state index in [4.69, 9.17) is 5.26 Å². The first-order chi connectivity index (χ1) is 6.41. The van der Waals surface area contributed by atoms with Crippen LogP contribution in [0, 0.1) is 12.2 Å². The van der Waals surface area contributed by atoms with E-state index in [1.807, 2.05) is 12.2 Å². The van der Waals surface area contributed by atoms with Crippen molar-refractivity contribution in [2.24, 2.45) is 0 Å². The maximum Gasteiger partial charge on any atom is 0.204 e. The van der Waals surface area contributed by atoms with E-state index in [1.165, 1.54) is 19.3 Å². The van der Waals surface area contributed by atoms with Gasteiger partial charge in [0.15, 0.2) is 0 Å². The summed E-state index contributed by atoms with van der Waals surface area (Å²) in [6.45, 7) is 2.69. The highest BCUT2D eigenvalue weighted by Crippen LogP contribution is 2.02. The van der Waals surface area contributed by atoms with Crippen LogP contribution >= 0.6 is 0 Å². The third-order valence-corrected chi connectivity index (χ3v) is 1.52. The van der Waals surface area contributed by atoms with Gasteiger partial charge in [0.25, 0.3) is 0 Å². The Morgan fingerprint density at radius 3 is 2.54 bits per heavy atom. The smallest absolute Gasteiger partial charge is 0.204 e. The van der Waals surface area contributed by atoms with E-state index in [0.29, 0.717) is 6.61 Å². The van der Waals surface area contributed by atoms with Gasteiger partial charge in [0.1, 0.15) is 0 Å². The van der Waals surface area contributed by atoms with E-state index in [2.05, 4.69) is 21.6 Å². The van der Waals surface area contributed by atoms with Gasteiger partial charge in [-0.05, 0) is 6.42 Å².